The van der Waals surface area contributed by atoms with Gasteiger partial charge < -0.3 is 9.47 Å². The molecule has 0 bridgehead atoms. The van der Waals surface area contributed by atoms with Gasteiger partial charge in [-0.3, -0.25) is 4.79 Å². The summed E-state index contributed by atoms with van der Waals surface area (Å²) in [6.45, 7) is 3.57. The predicted octanol–water partition coefficient (Wildman–Crippen LogP) is 0.292. The van der Waals surface area contributed by atoms with Gasteiger partial charge in [0.2, 0.25) is 10.0 Å². The van der Waals surface area contributed by atoms with Crippen molar-refractivity contribution in [1.82, 2.24) is 24.2 Å². The van der Waals surface area contributed by atoms with Gasteiger partial charge in [-0.15, -0.1) is 0 Å². The van der Waals surface area contributed by atoms with Crippen LogP contribution in [0.3, 0.4) is 0 Å². The van der Waals surface area contributed by atoms with Crippen LogP contribution in [0, 0.1) is 6.92 Å². The Balaban J connectivity index is 1.72. The molecule has 1 aliphatic rings. The third kappa shape index (κ3) is 3.80. The minimum absolute atomic E-state index is 0.122. The number of amides is 1. The molecule has 3 rings (SSSR count). The van der Waals surface area contributed by atoms with E-state index in [0.717, 1.165) is 17.8 Å². The molecule has 0 atom stereocenters. The van der Waals surface area contributed by atoms with Crippen LogP contribution in [0.5, 0.6) is 0 Å². The maximum atomic E-state index is 12.6. The number of rotatable bonds is 4. The third-order valence-corrected chi connectivity index (χ3v) is 4.43. The molecule has 3 heterocycles. The smallest absolute Gasteiger partial charge is 0.272 e. The lowest BCUT2D eigenvalue weighted by molar-refractivity contribution is 0.0701. The van der Waals surface area contributed by atoms with Gasteiger partial charge in [-0.2, -0.15) is 0 Å². The summed E-state index contributed by atoms with van der Waals surface area (Å²) in [4.78, 5) is 23.0. The van der Waals surface area contributed by atoms with Crippen LogP contribution in [0.1, 0.15) is 27.7 Å². The number of aryl methyl sites for hydroxylation is 1. The van der Waals surface area contributed by atoms with Crippen molar-refractivity contribution in [2.24, 2.45) is 0 Å². The van der Waals surface area contributed by atoms with Gasteiger partial charge in [0.15, 0.2) is 0 Å². The molecule has 0 radical (unpaired) electrons. The number of fused-ring (bicyclic) bond motifs is 1. The summed E-state index contributed by atoms with van der Waals surface area (Å²) in [7, 11) is -3.26. The van der Waals surface area contributed by atoms with E-state index in [1.807, 2.05) is 29.8 Å². The Morgan fingerprint density at radius 2 is 2.08 bits per heavy atom. The first-order valence-corrected chi connectivity index (χ1v) is 9.43. The number of imidazole rings is 1. The number of hydrogen-bond donors (Lipinski definition) is 1. The lowest BCUT2D eigenvalue weighted by Crippen LogP contribution is -2.38. The number of nitrogens with zero attached hydrogens (tertiary/aromatic N) is 4. The van der Waals surface area contributed by atoms with Gasteiger partial charge in [0.25, 0.3) is 5.91 Å². The van der Waals surface area contributed by atoms with E-state index in [1.165, 1.54) is 0 Å². The number of carbonyl (C=O) groups excluding carboxylic acids is 1. The molecule has 2 aromatic rings. The van der Waals surface area contributed by atoms with Crippen LogP contribution in [0.2, 0.25) is 0 Å². The molecule has 0 aliphatic carbocycles. The van der Waals surface area contributed by atoms with Crippen molar-refractivity contribution in [2.75, 3.05) is 12.8 Å². The standard InChI is InChI=1S/C15H19N5O3S/c1-11-4-3-5-13(17-11)15(21)20-7-6-19-9-12(18-14(19)10-20)8-16-24(2,22)23/h3-5,9,16H,6-8,10H2,1-2H3. The summed E-state index contributed by atoms with van der Waals surface area (Å²) in [6, 6.07) is 5.37. The SMILES string of the molecule is Cc1cccc(C(=O)N2CCn3cc(CNS(C)(=O)=O)nc3C2)n1. The number of nitrogens with one attached hydrogen (secondary N) is 1. The van der Waals surface area contributed by atoms with Crippen molar-refractivity contribution in [3.63, 3.8) is 0 Å². The Hall–Kier alpha value is -2.26. The first-order valence-electron chi connectivity index (χ1n) is 7.54. The second-order valence-corrected chi connectivity index (χ2v) is 7.66. The van der Waals surface area contributed by atoms with Gasteiger partial charge in [-0.1, -0.05) is 6.07 Å². The molecule has 0 unspecified atom stereocenters. The molecule has 0 saturated carbocycles. The average Bonchev–Trinajstić information content (AvgIpc) is 2.93. The van der Waals surface area contributed by atoms with E-state index in [1.54, 1.807) is 11.0 Å². The first-order chi connectivity index (χ1) is 11.3. The molecular formula is C15H19N5O3S. The zero-order valence-corrected chi connectivity index (χ0v) is 14.4. The highest BCUT2D eigenvalue weighted by molar-refractivity contribution is 7.88. The zero-order valence-electron chi connectivity index (χ0n) is 13.6. The highest BCUT2D eigenvalue weighted by Gasteiger charge is 2.24. The molecule has 1 amide bonds. The molecule has 1 N–H and O–H groups in total. The summed E-state index contributed by atoms with van der Waals surface area (Å²) < 4.78 is 26.7. The molecule has 0 spiro atoms. The molecular weight excluding hydrogens is 330 g/mol. The van der Waals surface area contributed by atoms with E-state index >= 15 is 0 Å². The fourth-order valence-corrected chi connectivity index (χ4v) is 3.01. The van der Waals surface area contributed by atoms with Crippen LogP contribution < -0.4 is 4.72 Å². The monoisotopic (exact) mass is 349 g/mol. The molecule has 0 aromatic carbocycles. The first kappa shape index (κ1) is 16.6. The van der Waals surface area contributed by atoms with Crippen molar-refractivity contribution in [1.29, 1.82) is 0 Å². The summed E-state index contributed by atoms with van der Waals surface area (Å²) in [6.07, 6.45) is 2.93. The number of hydrogen-bond acceptors (Lipinski definition) is 5. The van der Waals surface area contributed by atoms with Gasteiger partial charge in [-0.25, -0.2) is 23.1 Å². The van der Waals surface area contributed by atoms with Crippen LogP contribution in [-0.2, 0) is 29.7 Å². The van der Waals surface area contributed by atoms with E-state index in [4.69, 9.17) is 0 Å². The Kier molecular flexibility index (Phi) is 4.37. The number of pyridine rings is 1. The normalized spacial score (nSPS) is 14.5. The lowest BCUT2D eigenvalue weighted by Gasteiger charge is -2.27. The zero-order chi connectivity index (χ0) is 17.3. The number of carbonyl (C=O) groups is 1. The summed E-state index contributed by atoms with van der Waals surface area (Å²) in [5.74, 6) is 0.622. The Morgan fingerprint density at radius 3 is 2.79 bits per heavy atom. The second-order valence-electron chi connectivity index (χ2n) is 5.83. The molecule has 24 heavy (non-hydrogen) atoms. The lowest BCUT2D eigenvalue weighted by atomic mass is 10.2. The van der Waals surface area contributed by atoms with Crippen LogP contribution in [0.4, 0.5) is 0 Å². The van der Waals surface area contributed by atoms with E-state index in [9.17, 15) is 13.2 Å². The summed E-state index contributed by atoms with van der Waals surface area (Å²) in [5.41, 5.74) is 1.86. The topological polar surface area (TPSA) is 97.2 Å². The van der Waals surface area contributed by atoms with Crippen molar-refractivity contribution in [2.45, 2.75) is 26.6 Å². The molecule has 128 valence electrons. The Bertz CT molecular complexity index is 875. The maximum Gasteiger partial charge on any atom is 0.272 e. The minimum Gasteiger partial charge on any atom is -0.331 e. The van der Waals surface area contributed by atoms with Crippen molar-refractivity contribution < 1.29 is 13.2 Å². The molecule has 0 fully saturated rings. The Labute approximate surface area is 140 Å². The van der Waals surface area contributed by atoms with E-state index in [0.29, 0.717) is 31.0 Å². The average molecular weight is 349 g/mol. The fourth-order valence-electron chi connectivity index (χ4n) is 2.60. The van der Waals surface area contributed by atoms with E-state index in [2.05, 4.69) is 14.7 Å². The fraction of sp³-hybridized carbons (Fsp3) is 0.400. The molecule has 2 aromatic heterocycles. The van der Waals surface area contributed by atoms with Gasteiger partial charge in [0.05, 0.1) is 25.0 Å². The second kappa shape index (κ2) is 6.33. The van der Waals surface area contributed by atoms with Crippen molar-refractivity contribution in [3.05, 3.63) is 47.3 Å². The van der Waals surface area contributed by atoms with Crippen LogP contribution in [0.25, 0.3) is 0 Å². The molecule has 0 saturated heterocycles. The van der Waals surface area contributed by atoms with Crippen molar-refractivity contribution >= 4 is 15.9 Å². The largest absolute Gasteiger partial charge is 0.331 e. The van der Waals surface area contributed by atoms with Gasteiger partial charge in [-0.05, 0) is 19.1 Å². The van der Waals surface area contributed by atoms with Gasteiger partial charge >= 0.3 is 0 Å². The van der Waals surface area contributed by atoms with E-state index in [-0.39, 0.29) is 12.5 Å². The molecule has 1 aliphatic heterocycles. The van der Waals surface area contributed by atoms with Crippen LogP contribution in [-0.4, -0.2) is 46.6 Å². The number of aromatic nitrogens is 3. The molecule has 9 heteroatoms. The van der Waals surface area contributed by atoms with Gasteiger partial charge in [0.1, 0.15) is 11.5 Å². The Morgan fingerprint density at radius 1 is 1.29 bits per heavy atom. The predicted molar refractivity (Wildman–Crippen MR) is 87.6 cm³/mol. The highest BCUT2D eigenvalue weighted by Crippen LogP contribution is 2.15. The highest BCUT2D eigenvalue weighted by atomic mass is 32.2. The number of sulfonamides is 1. The minimum atomic E-state index is -3.26. The van der Waals surface area contributed by atoms with Crippen LogP contribution in [0.15, 0.2) is 24.4 Å². The quantitative estimate of drug-likeness (QED) is 0.856. The third-order valence-electron chi connectivity index (χ3n) is 3.76. The van der Waals surface area contributed by atoms with E-state index < -0.39 is 10.0 Å². The summed E-state index contributed by atoms with van der Waals surface area (Å²) in [5, 5.41) is 0. The van der Waals surface area contributed by atoms with Gasteiger partial charge in [0, 0.05) is 25.0 Å². The van der Waals surface area contributed by atoms with Crippen molar-refractivity contribution in [3.8, 4) is 0 Å². The van der Waals surface area contributed by atoms with Crippen LogP contribution >= 0.6 is 0 Å². The molecule has 8 nitrogen and oxygen atoms in total. The summed E-state index contributed by atoms with van der Waals surface area (Å²) >= 11 is 0. The maximum absolute atomic E-state index is 12.6.